The molecule has 4 N–H and O–H groups in total. The average Bonchev–Trinajstić information content (AvgIpc) is 3.27. The van der Waals surface area contributed by atoms with Crippen molar-refractivity contribution in [2.24, 2.45) is 11.8 Å². The van der Waals surface area contributed by atoms with Gasteiger partial charge in [-0.3, -0.25) is 29.9 Å². The maximum absolute atomic E-state index is 13.2. The maximum Gasteiger partial charge on any atom is 0.236 e. The van der Waals surface area contributed by atoms with Crippen LogP contribution in [0, 0.1) is 11.8 Å². The topological polar surface area (TPSA) is 109 Å². The van der Waals surface area contributed by atoms with Gasteiger partial charge in [0.15, 0.2) is 6.35 Å². The van der Waals surface area contributed by atoms with Crippen molar-refractivity contribution >= 4 is 5.91 Å². The Hall–Kier alpha value is -0.890. The van der Waals surface area contributed by atoms with Crippen LogP contribution < -0.4 is 5.32 Å². The number of piperazine rings is 2. The molecule has 11 nitrogen and oxygen atoms in total. The lowest BCUT2D eigenvalue weighted by atomic mass is 9.89. The van der Waals surface area contributed by atoms with E-state index < -0.39 is 6.35 Å². The predicted octanol–water partition coefficient (Wildman–Crippen LogP) is -0.797. The minimum absolute atomic E-state index is 0.102. The van der Waals surface area contributed by atoms with Crippen LogP contribution in [-0.2, 0) is 4.79 Å². The molecule has 4 rings (SSSR count). The summed E-state index contributed by atoms with van der Waals surface area (Å²) in [6.07, 6.45) is 3.07. The Balaban J connectivity index is 1.36. The number of hydrogen-bond acceptors (Lipinski definition) is 10. The standard InChI is InChI=1S/C24H47N7O4/c1-19-15-25-16-20(19)17-30(18-23(32)28-9-7-26(2)8-10-28)24(33)29-13-11-27(12-14-29)21-5-3-4-6-22(21)31(34)35/h19-22,24-25,33-35H,3-18H2,1-2H3. The molecule has 0 aromatic heterocycles. The van der Waals surface area contributed by atoms with E-state index in [1.165, 1.54) is 0 Å². The zero-order valence-corrected chi connectivity index (χ0v) is 21.6. The molecule has 0 spiro atoms. The van der Waals surface area contributed by atoms with E-state index in [9.17, 15) is 20.3 Å². The van der Waals surface area contributed by atoms with Gasteiger partial charge in [-0.05, 0) is 44.8 Å². The van der Waals surface area contributed by atoms with Gasteiger partial charge in [0, 0.05) is 64.9 Å². The van der Waals surface area contributed by atoms with Crippen molar-refractivity contribution < 1.29 is 20.3 Å². The Labute approximate surface area is 210 Å². The van der Waals surface area contributed by atoms with Gasteiger partial charge in [0.1, 0.15) is 0 Å². The molecule has 4 fully saturated rings. The molecular formula is C24H47N7O4. The van der Waals surface area contributed by atoms with Gasteiger partial charge in [0.05, 0.1) is 12.6 Å². The lowest BCUT2D eigenvalue weighted by Crippen LogP contribution is -2.62. The number of likely N-dealkylation sites (N-methyl/N-ethyl adjacent to an activating group) is 1. The molecular weight excluding hydrogens is 450 g/mol. The first-order valence-corrected chi connectivity index (χ1v) is 13.6. The third-order valence-electron chi connectivity index (χ3n) is 8.80. The number of carbonyl (C=O) groups is 1. The molecule has 5 atom stereocenters. The number of carbonyl (C=O) groups excluding carboxylic acids is 1. The molecule has 35 heavy (non-hydrogen) atoms. The average molecular weight is 498 g/mol. The van der Waals surface area contributed by atoms with E-state index in [0.29, 0.717) is 36.7 Å². The first-order chi connectivity index (χ1) is 16.8. The van der Waals surface area contributed by atoms with Gasteiger partial charge in [-0.15, -0.1) is 0 Å². The van der Waals surface area contributed by atoms with E-state index in [0.717, 1.165) is 78.0 Å². The summed E-state index contributed by atoms with van der Waals surface area (Å²) in [5, 5.41) is 34.7. The molecule has 1 aliphatic carbocycles. The summed E-state index contributed by atoms with van der Waals surface area (Å²) in [6, 6.07) is -0.132. The number of nitrogens with zero attached hydrogens (tertiary/aromatic N) is 6. The van der Waals surface area contributed by atoms with Gasteiger partial charge in [-0.25, -0.2) is 0 Å². The van der Waals surface area contributed by atoms with Crippen molar-refractivity contribution in [2.75, 3.05) is 85.6 Å². The van der Waals surface area contributed by atoms with Crippen LogP contribution in [0.2, 0.25) is 0 Å². The number of aliphatic hydroxyl groups excluding tert-OH is 1. The summed E-state index contributed by atoms with van der Waals surface area (Å²) < 4.78 is 0. The Bertz CT molecular complexity index is 670. The van der Waals surface area contributed by atoms with Crippen molar-refractivity contribution in [1.82, 2.24) is 35.0 Å². The van der Waals surface area contributed by atoms with Crippen molar-refractivity contribution in [3.63, 3.8) is 0 Å². The predicted molar refractivity (Wildman–Crippen MR) is 132 cm³/mol. The summed E-state index contributed by atoms with van der Waals surface area (Å²) in [4.78, 5) is 23.8. The molecule has 0 radical (unpaired) electrons. The molecule has 0 bridgehead atoms. The van der Waals surface area contributed by atoms with Crippen LogP contribution in [0.25, 0.3) is 0 Å². The van der Waals surface area contributed by atoms with Gasteiger partial charge in [-0.2, -0.15) is 0 Å². The largest absolute Gasteiger partial charge is 0.365 e. The lowest BCUT2D eigenvalue weighted by molar-refractivity contribution is -0.343. The lowest BCUT2D eigenvalue weighted by Gasteiger charge is -2.47. The SMILES string of the molecule is CC1CNCC1CN(CC(=O)N1CCN(C)CC1)C(O)N1CCN(C2CCCCC2N(O)O)CC1. The second-order valence-electron chi connectivity index (χ2n) is 11.2. The summed E-state index contributed by atoms with van der Waals surface area (Å²) in [7, 11) is 2.08. The molecule has 202 valence electrons. The van der Waals surface area contributed by atoms with Gasteiger partial charge in [0.2, 0.25) is 5.91 Å². The molecule has 11 heteroatoms. The Morgan fingerprint density at radius 1 is 1.00 bits per heavy atom. The van der Waals surface area contributed by atoms with E-state index in [4.69, 9.17) is 0 Å². The number of rotatable bonds is 8. The van der Waals surface area contributed by atoms with Gasteiger partial charge in [0.25, 0.3) is 0 Å². The fourth-order valence-corrected chi connectivity index (χ4v) is 6.30. The highest BCUT2D eigenvalue weighted by Gasteiger charge is 2.38. The summed E-state index contributed by atoms with van der Waals surface area (Å²) in [5.41, 5.74) is 0. The van der Waals surface area contributed by atoms with Crippen molar-refractivity contribution in [3.05, 3.63) is 0 Å². The second kappa shape index (κ2) is 12.6. The quantitative estimate of drug-likeness (QED) is 0.251. The molecule has 1 amide bonds. The molecule has 3 aliphatic heterocycles. The zero-order chi connectivity index (χ0) is 24.9. The second-order valence-corrected chi connectivity index (χ2v) is 11.2. The zero-order valence-electron chi connectivity index (χ0n) is 21.6. The first kappa shape index (κ1) is 27.2. The minimum Gasteiger partial charge on any atom is -0.365 e. The minimum atomic E-state index is -0.796. The maximum atomic E-state index is 13.2. The van der Waals surface area contributed by atoms with Crippen LogP contribution in [0.3, 0.4) is 0 Å². The molecule has 1 saturated carbocycles. The monoisotopic (exact) mass is 497 g/mol. The highest BCUT2D eigenvalue weighted by Crippen LogP contribution is 2.27. The van der Waals surface area contributed by atoms with Gasteiger partial charge < -0.3 is 20.2 Å². The van der Waals surface area contributed by atoms with E-state index >= 15 is 0 Å². The Morgan fingerprint density at radius 2 is 1.69 bits per heavy atom. The summed E-state index contributed by atoms with van der Waals surface area (Å²) >= 11 is 0. The molecule has 4 aliphatic rings. The summed E-state index contributed by atoms with van der Waals surface area (Å²) in [6.45, 7) is 11.3. The van der Waals surface area contributed by atoms with Crippen LogP contribution in [0.1, 0.15) is 32.6 Å². The fourth-order valence-electron chi connectivity index (χ4n) is 6.30. The van der Waals surface area contributed by atoms with Crippen molar-refractivity contribution in [2.45, 2.75) is 51.0 Å². The highest BCUT2D eigenvalue weighted by molar-refractivity contribution is 5.78. The normalized spacial score (nSPS) is 33.1. The van der Waals surface area contributed by atoms with Gasteiger partial charge in [-0.1, -0.05) is 25.0 Å². The van der Waals surface area contributed by atoms with E-state index in [-0.39, 0.29) is 24.5 Å². The molecule has 5 unspecified atom stereocenters. The van der Waals surface area contributed by atoms with Crippen LogP contribution in [0.4, 0.5) is 0 Å². The number of amides is 1. The number of hydrogen-bond donors (Lipinski definition) is 4. The van der Waals surface area contributed by atoms with Crippen molar-refractivity contribution in [3.8, 4) is 0 Å². The fraction of sp³-hybridized carbons (Fsp3) is 0.958. The molecule has 3 saturated heterocycles. The molecule has 3 heterocycles. The van der Waals surface area contributed by atoms with E-state index in [1.807, 2.05) is 9.80 Å². The number of aliphatic hydroxyl groups is 1. The van der Waals surface area contributed by atoms with Crippen LogP contribution in [0.15, 0.2) is 0 Å². The molecule has 0 aromatic carbocycles. The van der Waals surface area contributed by atoms with Crippen LogP contribution in [-0.4, -0.2) is 155 Å². The Morgan fingerprint density at radius 3 is 2.31 bits per heavy atom. The molecule has 0 aromatic rings. The van der Waals surface area contributed by atoms with Crippen LogP contribution >= 0.6 is 0 Å². The summed E-state index contributed by atoms with van der Waals surface area (Å²) in [5.74, 6) is 1.03. The number of nitrogens with one attached hydrogen (secondary N) is 1. The van der Waals surface area contributed by atoms with Gasteiger partial charge >= 0.3 is 0 Å². The van der Waals surface area contributed by atoms with E-state index in [2.05, 4.69) is 34.0 Å². The number of hydroxylamine groups is 2. The smallest absolute Gasteiger partial charge is 0.236 e. The third kappa shape index (κ3) is 6.91. The highest BCUT2D eigenvalue weighted by atomic mass is 16.8. The van der Waals surface area contributed by atoms with Crippen molar-refractivity contribution in [1.29, 1.82) is 0 Å². The first-order valence-electron chi connectivity index (χ1n) is 13.6. The van der Waals surface area contributed by atoms with E-state index in [1.54, 1.807) is 0 Å². The third-order valence-corrected chi connectivity index (χ3v) is 8.80. The van der Waals surface area contributed by atoms with Crippen LogP contribution in [0.5, 0.6) is 0 Å². The Kier molecular flexibility index (Phi) is 9.75.